The number of hydrogen-bond donors (Lipinski definition) is 0. The van der Waals surface area contributed by atoms with Crippen molar-refractivity contribution in [2.24, 2.45) is 5.41 Å². The topological polar surface area (TPSA) is 38.8 Å². The van der Waals surface area contributed by atoms with Crippen molar-refractivity contribution in [1.82, 2.24) is 0 Å². The normalized spacial score (nSPS) is 30.1. The van der Waals surface area contributed by atoms with Gasteiger partial charge >= 0.3 is 5.97 Å². The van der Waals surface area contributed by atoms with Gasteiger partial charge in [-0.15, -0.1) is 0 Å². The lowest BCUT2D eigenvalue weighted by Crippen LogP contribution is -2.30. The molecule has 3 heteroatoms. The molecule has 0 aromatic rings. The molecule has 0 aromatic carbocycles. The minimum absolute atomic E-state index is 0.158. The van der Waals surface area contributed by atoms with Crippen LogP contribution in [-0.2, 0) is 14.3 Å². The predicted molar refractivity (Wildman–Crippen MR) is 63.2 cm³/mol. The molecule has 1 fully saturated rings. The summed E-state index contributed by atoms with van der Waals surface area (Å²) in [6.07, 6.45) is 0.482. The van der Waals surface area contributed by atoms with Crippen LogP contribution in [0.1, 0.15) is 54.9 Å². The van der Waals surface area contributed by atoms with Crippen molar-refractivity contribution in [3.63, 3.8) is 0 Å². The Bertz CT molecular complexity index is 283. The van der Waals surface area contributed by atoms with Crippen molar-refractivity contribution in [1.29, 1.82) is 0 Å². The SMILES string of the molecule is CC(C)(C)CC1(C)OC1C(=O)OC(C)(C)C. The standard InChI is InChI=1S/C13H24O3/c1-11(2,3)8-13(7)9(15-13)10(14)16-12(4,5)6/h9H,8H2,1-7H3. The van der Waals surface area contributed by atoms with E-state index >= 15 is 0 Å². The molecule has 2 unspecified atom stereocenters. The van der Waals surface area contributed by atoms with E-state index < -0.39 is 5.60 Å². The maximum Gasteiger partial charge on any atom is 0.338 e. The van der Waals surface area contributed by atoms with E-state index in [9.17, 15) is 4.79 Å². The maximum absolute atomic E-state index is 11.8. The summed E-state index contributed by atoms with van der Waals surface area (Å²) in [7, 11) is 0. The van der Waals surface area contributed by atoms with E-state index in [0.29, 0.717) is 0 Å². The minimum Gasteiger partial charge on any atom is -0.458 e. The van der Waals surface area contributed by atoms with Gasteiger partial charge in [-0.1, -0.05) is 20.8 Å². The van der Waals surface area contributed by atoms with Crippen LogP contribution in [0.15, 0.2) is 0 Å². The highest BCUT2D eigenvalue weighted by atomic mass is 16.7. The highest BCUT2D eigenvalue weighted by Crippen LogP contribution is 2.45. The van der Waals surface area contributed by atoms with Gasteiger partial charge in [0.2, 0.25) is 0 Å². The molecule has 0 aliphatic carbocycles. The predicted octanol–water partition coefficient (Wildman–Crippen LogP) is 2.92. The van der Waals surface area contributed by atoms with Gasteiger partial charge in [-0.05, 0) is 39.5 Å². The Balaban J connectivity index is 2.52. The van der Waals surface area contributed by atoms with Crippen LogP contribution < -0.4 is 0 Å². The summed E-state index contributed by atoms with van der Waals surface area (Å²) in [6, 6.07) is 0. The van der Waals surface area contributed by atoms with Crippen LogP contribution in [0, 0.1) is 5.41 Å². The molecule has 1 aliphatic heterocycles. The molecular formula is C13H24O3. The van der Waals surface area contributed by atoms with Gasteiger partial charge in [-0.3, -0.25) is 0 Å². The van der Waals surface area contributed by atoms with Crippen molar-refractivity contribution in [3.05, 3.63) is 0 Å². The molecule has 0 aromatic heterocycles. The van der Waals surface area contributed by atoms with Crippen molar-refractivity contribution in [3.8, 4) is 0 Å². The van der Waals surface area contributed by atoms with Crippen molar-refractivity contribution < 1.29 is 14.3 Å². The minimum atomic E-state index is -0.439. The molecule has 0 amide bonds. The first-order valence-corrected chi connectivity index (χ1v) is 5.84. The summed E-state index contributed by atoms with van der Waals surface area (Å²) in [6.45, 7) is 14.0. The lowest BCUT2D eigenvalue weighted by atomic mass is 9.84. The van der Waals surface area contributed by atoms with Crippen LogP contribution in [0.3, 0.4) is 0 Å². The summed E-state index contributed by atoms with van der Waals surface area (Å²) in [5.41, 5.74) is -0.613. The third-order valence-electron chi connectivity index (χ3n) is 2.39. The highest BCUT2D eigenvalue weighted by Gasteiger charge is 2.59. The smallest absolute Gasteiger partial charge is 0.338 e. The lowest BCUT2D eigenvalue weighted by molar-refractivity contribution is -0.156. The summed E-state index contributed by atoms with van der Waals surface area (Å²) in [4.78, 5) is 11.8. The number of epoxide rings is 1. The van der Waals surface area contributed by atoms with Crippen LogP contribution in [0.2, 0.25) is 0 Å². The fourth-order valence-corrected chi connectivity index (χ4v) is 2.08. The highest BCUT2D eigenvalue weighted by molar-refractivity contribution is 5.79. The second-order valence-electron chi connectivity index (χ2n) is 7.08. The molecule has 0 saturated carbocycles. The molecule has 0 bridgehead atoms. The Labute approximate surface area is 98.5 Å². The zero-order valence-corrected chi connectivity index (χ0v) is 11.5. The van der Waals surface area contributed by atoms with Crippen molar-refractivity contribution in [2.75, 3.05) is 0 Å². The van der Waals surface area contributed by atoms with Gasteiger partial charge in [0.05, 0.1) is 0 Å². The fraction of sp³-hybridized carbons (Fsp3) is 0.923. The Kier molecular flexibility index (Phi) is 3.14. The molecule has 0 N–H and O–H groups in total. The van der Waals surface area contributed by atoms with E-state index in [0.717, 1.165) is 6.42 Å². The fourth-order valence-electron chi connectivity index (χ4n) is 2.08. The zero-order valence-electron chi connectivity index (χ0n) is 11.5. The van der Waals surface area contributed by atoms with Gasteiger partial charge in [0.25, 0.3) is 0 Å². The molecule has 0 spiro atoms. The second kappa shape index (κ2) is 3.73. The summed E-state index contributed by atoms with van der Waals surface area (Å²) >= 11 is 0. The van der Waals surface area contributed by atoms with Crippen molar-refractivity contribution in [2.45, 2.75) is 72.2 Å². The largest absolute Gasteiger partial charge is 0.458 e. The van der Waals surface area contributed by atoms with Crippen LogP contribution in [0.5, 0.6) is 0 Å². The number of ether oxygens (including phenoxy) is 2. The molecule has 94 valence electrons. The van der Waals surface area contributed by atoms with E-state index in [1.54, 1.807) is 0 Å². The third kappa shape index (κ3) is 3.78. The number of carbonyl (C=O) groups excluding carboxylic acids is 1. The first kappa shape index (κ1) is 13.5. The molecule has 1 aliphatic rings. The monoisotopic (exact) mass is 228 g/mol. The first-order valence-electron chi connectivity index (χ1n) is 5.84. The van der Waals surface area contributed by atoms with Gasteiger partial charge in [-0.25, -0.2) is 4.79 Å². The van der Waals surface area contributed by atoms with E-state index in [4.69, 9.17) is 9.47 Å². The summed E-state index contributed by atoms with van der Waals surface area (Å²) in [5.74, 6) is -0.237. The van der Waals surface area contributed by atoms with Crippen LogP contribution >= 0.6 is 0 Å². The van der Waals surface area contributed by atoms with Crippen LogP contribution in [-0.4, -0.2) is 23.3 Å². The molecule has 3 nitrogen and oxygen atoms in total. The molecular weight excluding hydrogens is 204 g/mol. The van der Waals surface area contributed by atoms with E-state index in [1.807, 2.05) is 27.7 Å². The molecule has 1 saturated heterocycles. The number of rotatable bonds is 2. The van der Waals surface area contributed by atoms with Crippen LogP contribution in [0.4, 0.5) is 0 Å². The van der Waals surface area contributed by atoms with Gasteiger partial charge < -0.3 is 9.47 Å². The molecule has 1 rings (SSSR count). The molecule has 1 heterocycles. The third-order valence-corrected chi connectivity index (χ3v) is 2.39. The summed E-state index contributed by atoms with van der Waals surface area (Å²) in [5, 5.41) is 0. The Hall–Kier alpha value is -0.570. The lowest BCUT2D eigenvalue weighted by Gasteiger charge is -2.22. The van der Waals surface area contributed by atoms with Gasteiger partial charge in [0, 0.05) is 0 Å². The van der Waals surface area contributed by atoms with E-state index in [2.05, 4.69) is 20.8 Å². The zero-order chi connectivity index (χ0) is 12.8. The van der Waals surface area contributed by atoms with Crippen molar-refractivity contribution >= 4 is 5.97 Å². The number of esters is 1. The number of hydrogen-bond acceptors (Lipinski definition) is 3. The Morgan fingerprint density at radius 1 is 1.25 bits per heavy atom. The quantitative estimate of drug-likeness (QED) is 0.539. The van der Waals surface area contributed by atoms with Gasteiger partial charge in [0.15, 0.2) is 6.10 Å². The van der Waals surface area contributed by atoms with Gasteiger partial charge in [-0.2, -0.15) is 0 Å². The molecule has 0 radical (unpaired) electrons. The maximum atomic E-state index is 11.8. The molecule has 2 atom stereocenters. The first-order chi connectivity index (χ1) is 6.93. The average Bonchev–Trinajstić information content (AvgIpc) is 2.53. The Morgan fingerprint density at radius 3 is 2.12 bits per heavy atom. The van der Waals surface area contributed by atoms with Gasteiger partial charge in [0.1, 0.15) is 11.2 Å². The Morgan fingerprint density at radius 2 is 1.75 bits per heavy atom. The second-order valence-corrected chi connectivity index (χ2v) is 7.08. The average molecular weight is 228 g/mol. The van der Waals surface area contributed by atoms with E-state index in [1.165, 1.54) is 0 Å². The summed E-state index contributed by atoms with van der Waals surface area (Å²) < 4.78 is 10.8. The van der Waals surface area contributed by atoms with Crippen LogP contribution in [0.25, 0.3) is 0 Å². The van der Waals surface area contributed by atoms with E-state index in [-0.39, 0.29) is 23.1 Å². The molecule has 16 heavy (non-hydrogen) atoms. The number of carbonyl (C=O) groups is 1.